The summed E-state index contributed by atoms with van der Waals surface area (Å²) in [6.07, 6.45) is 0. The van der Waals surface area contributed by atoms with Crippen LogP contribution >= 0.6 is 0 Å². The lowest BCUT2D eigenvalue weighted by molar-refractivity contribution is 0.598. The van der Waals surface area contributed by atoms with Crippen molar-refractivity contribution in [3.63, 3.8) is 0 Å². The number of sulfonamides is 1. The average molecular weight is 308 g/mol. The standard InChI is InChI=1S/C18H14NO2S/c19-22(20,21)18-13-7-6-12-17(18)16-11-5-4-10-15(16)14-8-2-1-3-9-14/h1-12H,(H2,19,20,21). The van der Waals surface area contributed by atoms with E-state index in [1.54, 1.807) is 18.2 Å². The summed E-state index contributed by atoms with van der Waals surface area (Å²) in [4.78, 5) is 0.0124. The molecule has 3 nitrogen and oxygen atoms in total. The minimum Gasteiger partial charge on any atom is -0.225 e. The molecule has 0 atom stereocenters. The van der Waals surface area contributed by atoms with Crippen LogP contribution < -0.4 is 5.14 Å². The van der Waals surface area contributed by atoms with Gasteiger partial charge >= 0.3 is 0 Å². The Morgan fingerprint density at radius 2 is 1.32 bits per heavy atom. The molecule has 0 heterocycles. The first-order chi connectivity index (χ1) is 10.6. The Labute approximate surface area is 130 Å². The van der Waals surface area contributed by atoms with Crippen molar-refractivity contribution in [3.05, 3.63) is 78.9 Å². The Balaban J connectivity index is 2.28. The fourth-order valence-corrected chi connectivity index (χ4v) is 3.17. The Morgan fingerprint density at radius 3 is 2.00 bits per heavy atom. The highest BCUT2D eigenvalue weighted by molar-refractivity contribution is 7.89. The predicted molar refractivity (Wildman–Crippen MR) is 87.5 cm³/mol. The lowest BCUT2D eigenvalue weighted by Crippen LogP contribution is -2.13. The molecule has 0 saturated carbocycles. The van der Waals surface area contributed by atoms with Crippen LogP contribution in [0.5, 0.6) is 0 Å². The molecule has 2 N–H and O–H groups in total. The summed E-state index contributed by atoms with van der Waals surface area (Å²) in [6, 6.07) is 25.3. The predicted octanol–water partition coefficient (Wildman–Crippen LogP) is 3.47. The average Bonchev–Trinajstić information content (AvgIpc) is 2.55. The van der Waals surface area contributed by atoms with Crippen molar-refractivity contribution in [1.29, 1.82) is 0 Å². The summed E-state index contributed by atoms with van der Waals surface area (Å²) < 4.78 is 23.6. The Kier molecular flexibility index (Phi) is 3.79. The van der Waals surface area contributed by atoms with Crippen LogP contribution in [0.3, 0.4) is 0 Å². The zero-order chi connectivity index (χ0) is 15.6. The van der Waals surface area contributed by atoms with E-state index in [0.29, 0.717) is 5.56 Å². The fraction of sp³-hybridized carbons (Fsp3) is 0. The second-order valence-electron chi connectivity index (χ2n) is 4.87. The highest BCUT2D eigenvalue weighted by Crippen LogP contribution is 2.34. The second-order valence-corrected chi connectivity index (χ2v) is 6.37. The van der Waals surface area contributed by atoms with Gasteiger partial charge in [-0.2, -0.15) is 0 Å². The van der Waals surface area contributed by atoms with Gasteiger partial charge in [-0.15, -0.1) is 0 Å². The molecule has 0 fully saturated rings. The lowest BCUT2D eigenvalue weighted by Gasteiger charge is -2.12. The summed E-state index contributed by atoms with van der Waals surface area (Å²) >= 11 is 0. The van der Waals surface area contributed by atoms with Crippen LogP contribution in [0.4, 0.5) is 0 Å². The first-order valence-electron chi connectivity index (χ1n) is 6.76. The molecule has 4 heteroatoms. The quantitative estimate of drug-likeness (QED) is 0.805. The van der Waals surface area contributed by atoms with E-state index in [1.807, 2.05) is 54.6 Å². The van der Waals surface area contributed by atoms with E-state index in [1.165, 1.54) is 0 Å². The third-order valence-corrected chi connectivity index (χ3v) is 4.31. The molecule has 0 bridgehead atoms. The van der Waals surface area contributed by atoms with Gasteiger partial charge < -0.3 is 0 Å². The van der Waals surface area contributed by atoms with Gasteiger partial charge in [0.1, 0.15) is 0 Å². The van der Waals surface area contributed by atoms with Crippen molar-refractivity contribution in [2.45, 2.75) is 4.90 Å². The van der Waals surface area contributed by atoms with Crippen LogP contribution in [0.15, 0.2) is 77.7 Å². The van der Waals surface area contributed by atoms with Gasteiger partial charge in [-0.1, -0.05) is 72.8 Å². The van der Waals surface area contributed by atoms with Gasteiger partial charge in [-0.25, -0.2) is 13.6 Å². The second kappa shape index (κ2) is 5.75. The maximum atomic E-state index is 11.8. The summed E-state index contributed by atoms with van der Waals surface area (Å²) in [6.45, 7) is 0. The highest BCUT2D eigenvalue weighted by atomic mass is 32.2. The Hall–Kier alpha value is -2.43. The van der Waals surface area contributed by atoms with E-state index >= 15 is 0 Å². The number of hydrogen-bond acceptors (Lipinski definition) is 2. The molecule has 1 radical (unpaired) electrons. The van der Waals surface area contributed by atoms with E-state index < -0.39 is 10.0 Å². The lowest BCUT2D eigenvalue weighted by atomic mass is 9.95. The molecule has 3 aromatic rings. The molecule has 0 aliphatic carbocycles. The molecule has 0 aromatic heterocycles. The zero-order valence-corrected chi connectivity index (χ0v) is 12.5. The smallest absolute Gasteiger partial charge is 0.225 e. The van der Waals surface area contributed by atoms with Crippen LogP contribution in [0.25, 0.3) is 22.3 Å². The van der Waals surface area contributed by atoms with E-state index in [9.17, 15) is 8.42 Å². The molecule has 22 heavy (non-hydrogen) atoms. The maximum absolute atomic E-state index is 11.8. The molecule has 3 aromatic carbocycles. The van der Waals surface area contributed by atoms with Gasteiger partial charge in [0.2, 0.25) is 10.0 Å². The molecule has 0 unspecified atom stereocenters. The van der Waals surface area contributed by atoms with Crippen molar-refractivity contribution in [2.24, 2.45) is 5.14 Å². The van der Waals surface area contributed by atoms with Crippen LogP contribution in [0.1, 0.15) is 0 Å². The molecule has 0 saturated heterocycles. The number of rotatable bonds is 3. The molecule has 0 spiro atoms. The number of nitrogens with two attached hydrogens (primary N) is 1. The number of hydrogen-bond donors (Lipinski definition) is 1. The summed E-state index contributed by atoms with van der Waals surface area (Å²) in [5, 5.41) is 5.32. The SMILES string of the molecule is NS(=O)(=O)c1[c]cccc1-c1ccccc1-c1ccccc1. The highest BCUT2D eigenvalue weighted by Gasteiger charge is 2.17. The van der Waals surface area contributed by atoms with Gasteiger partial charge in [-0.05, 0) is 16.7 Å². The van der Waals surface area contributed by atoms with Gasteiger partial charge in [0, 0.05) is 11.6 Å². The Morgan fingerprint density at radius 1 is 0.727 bits per heavy atom. The topological polar surface area (TPSA) is 60.2 Å². The van der Waals surface area contributed by atoms with Gasteiger partial charge in [0.25, 0.3) is 0 Å². The minimum atomic E-state index is -3.84. The molecule has 109 valence electrons. The summed E-state index contributed by atoms with van der Waals surface area (Å²) in [5.74, 6) is 0. The normalized spacial score (nSPS) is 11.3. The van der Waals surface area contributed by atoms with Crippen molar-refractivity contribution in [1.82, 2.24) is 0 Å². The van der Waals surface area contributed by atoms with Crippen LogP contribution in [-0.2, 0) is 10.0 Å². The van der Waals surface area contributed by atoms with E-state index in [4.69, 9.17) is 5.14 Å². The first-order valence-corrected chi connectivity index (χ1v) is 8.30. The summed E-state index contributed by atoms with van der Waals surface area (Å²) in [7, 11) is -3.84. The molecular formula is C18H14NO2S. The fourth-order valence-electron chi connectivity index (χ4n) is 2.46. The van der Waals surface area contributed by atoms with Crippen molar-refractivity contribution < 1.29 is 8.42 Å². The van der Waals surface area contributed by atoms with Crippen LogP contribution in [-0.4, -0.2) is 8.42 Å². The third-order valence-electron chi connectivity index (χ3n) is 3.40. The monoisotopic (exact) mass is 308 g/mol. The zero-order valence-electron chi connectivity index (χ0n) is 11.7. The van der Waals surface area contributed by atoms with Crippen molar-refractivity contribution in [3.8, 4) is 22.3 Å². The molecule has 0 aliphatic heterocycles. The van der Waals surface area contributed by atoms with Crippen molar-refractivity contribution in [2.75, 3.05) is 0 Å². The van der Waals surface area contributed by atoms with Gasteiger partial charge in [0.05, 0.1) is 4.90 Å². The summed E-state index contributed by atoms with van der Waals surface area (Å²) in [5.41, 5.74) is 3.34. The molecule has 0 amide bonds. The van der Waals surface area contributed by atoms with Crippen molar-refractivity contribution >= 4 is 10.0 Å². The molecule has 3 rings (SSSR count). The molecule has 0 aliphatic rings. The van der Waals surface area contributed by atoms with E-state index in [0.717, 1.165) is 16.7 Å². The van der Waals surface area contributed by atoms with E-state index in [-0.39, 0.29) is 4.90 Å². The van der Waals surface area contributed by atoms with Crippen LogP contribution in [0, 0.1) is 6.07 Å². The largest absolute Gasteiger partial charge is 0.239 e. The van der Waals surface area contributed by atoms with E-state index in [2.05, 4.69) is 6.07 Å². The molecular weight excluding hydrogens is 294 g/mol. The first kappa shape index (κ1) is 14.5. The minimum absolute atomic E-state index is 0.0124. The third kappa shape index (κ3) is 2.79. The van der Waals surface area contributed by atoms with Gasteiger partial charge in [-0.3, -0.25) is 0 Å². The van der Waals surface area contributed by atoms with Gasteiger partial charge in [0.15, 0.2) is 0 Å². The number of benzene rings is 3. The maximum Gasteiger partial charge on any atom is 0.239 e. The van der Waals surface area contributed by atoms with Crippen LogP contribution in [0.2, 0.25) is 0 Å². The Bertz CT molecular complexity index is 903. The number of primary sulfonamides is 1.